The fraction of sp³-hybridized carbons (Fsp3) is 0.188. The van der Waals surface area contributed by atoms with E-state index in [1.54, 1.807) is 7.11 Å². The molecule has 1 aromatic heterocycles. The van der Waals surface area contributed by atoms with Crippen LogP contribution in [0.15, 0.2) is 54.6 Å². The Balaban J connectivity index is 2.23. The normalized spacial score (nSPS) is 12.7. The van der Waals surface area contributed by atoms with E-state index >= 15 is 0 Å². The number of imidazole rings is 1. The highest BCUT2D eigenvalue weighted by molar-refractivity contribution is 5.78. The molecule has 1 unspecified atom stereocenters. The lowest BCUT2D eigenvalue weighted by Crippen LogP contribution is -2.20. The van der Waals surface area contributed by atoms with Crippen molar-refractivity contribution in [2.45, 2.75) is 6.04 Å². The number of nitrogens with zero attached hydrogens (tertiary/aromatic N) is 2. The minimum absolute atomic E-state index is 0.257. The molecule has 0 radical (unpaired) electrons. The van der Waals surface area contributed by atoms with Gasteiger partial charge in [-0.25, -0.2) is 4.98 Å². The van der Waals surface area contributed by atoms with Gasteiger partial charge in [0.1, 0.15) is 5.82 Å². The van der Waals surface area contributed by atoms with Crippen LogP contribution in [0.2, 0.25) is 0 Å². The van der Waals surface area contributed by atoms with E-state index in [9.17, 15) is 0 Å². The summed E-state index contributed by atoms with van der Waals surface area (Å²) in [4.78, 5) is 4.67. The van der Waals surface area contributed by atoms with Crippen LogP contribution < -0.4 is 5.73 Å². The van der Waals surface area contributed by atoms with E-state index in [-0.39, 0.29) is 6.04 Å². The molecule has 0 saturated carbocycles. The first kappa shape index (κ1) is 12.8. The average molecular weight is 267 g/mol. The molecule has 102 valence electrons. The Morgan fingerprint density at radius 2 is 1.80 bits per heavy atom. The first-order valence-electron chi connectivity index (χ1n) is 6.58. The second-order valence-electron chi connectivity index (χ2n) is 4.69. The van der Waals surface area contributed by atoms with Gasteiger partial charge in [-0.1, -0.05) is 30.3 Å². The van der Waals surface area contributed by atoms with Crippen LogP contribution in [-0.4, -0.2) is 23.3 Å². The van der Waals surface area contributed by atoms with Crippen LogP contribution in [0.1, 0.15) is 11.9 Å². The lowest BCUT2D eigenvalue weighted by Gasteiger charge is -2.14. The van der Waals surface area contributed by atoms with E-state index in [1.165, 1.54) is 0 Å². The molecule has 0 bridgehead atoms. The molecule has 0 saturated heterocycles. The molecule has 0 aliphatic rings. The number of benzene rings is 2. The summed E-state index contributed by atoms with van der Waals surface area (Å²) in [5.41, 5.74) is 9.26. The lowest BCUT2D eigenvalue weighted by molar-refractivity contribution is 0.178. The topological polar surface area (TPSA) is 53.1 Å². The summed E-state index contributed by atoms with van der Waals surface area (Å²) in [6, 6.07) is 17.9. The number of nitrogens with two attached hydrogens (primary N) is 1. The van der Waals surface area contributed by atoms with Gasteiger partial charge in [-0.3, -0.25) is 4.57 Å². The number of ether oxygens (including phenoxy) is 1. The minimum atomic E-state index is -0.257. The van der Waals surface area contributed by atoms with Crippen LogP contribution in [0, 0.1) is 0 Å². The Kier molecular flexibility index (Phi) is 3.50. The van der Waals surface area contributed by atoms with Crippen LogP contribution in [-0.2, 0) is 4.74 Å². The number of para-hydroxylation sites is 3. The van der Waals surface area contributed by atoms with Gasteiger partial charge in [0.05, 0.1) is 23.7 Å². The quantitative estimate of drug-likeness (QED) is 0.790. The number of hydrogen-bond acceptors (Lipinski definition) is 3. The van der Waals surface area contributed by atoms with E-state index in [4.69, 9.17) is 10.5 Å². The summed E-state index contributed by atoms with van der Waals surface area (Å²) in [5, 5.41) is 0. The van der Waals surface area contributed by atoms with Gasteiger partial charge in [0.25, 0.3) is 0 Å². The minimum Gasteiger partial charge on any atom is -0.383 e. The van der Waals surface area contributed by atoms with E-state index < -0.39 is 0 Å². The zero-order chi connectivity index (χ0) is 13.9. The maximum atomic E-state index is 6.20. The molecule has 2 N–H and O–H groups in total. The molecule has 4 nitrogen and oxygen atoms in total. The van der Waals surface area contributed by atoms with Crippen LogP contribution >= 0.6 is 0 Å². The molecule has 0 spiro atoms. The molecule has 2 aromatic carbocycles. The van der Waals surface area contributed by atoms with E-state index in [0.29, 0.717) is 6.61 Å². The smallest absolute Gasteiger partial charge is 0.133 e. The Bertz CT molecular complexity index is 706. The van der Waals surface area contributed by atoms with Gasteiger partial charge in [-0.2, -0.15) is 0 Å². The first-order chi connectivity index (χ1) is 9.81. The van der Waals surface area contributed by atoms with Gasteiger partial charge in [-0.15, -0.1) is 0 Å². The molecule has 0 fully saturated rings. The van der Waals surface area contributed by atoms with Crippen molar-refractivity contribution >= 4 is 11.0 Å². The number of methoxy groups -OCH3 is 1. The highest BCUT2D eigenvalue weighted by atomic mass is 16.5. The number of rotatable bonds is 4. The van der Waals surface area contributed by atoms with Crippen molar-refractivity contribution in [3.8, 4) is 5.69 Å². The first-order valence-corrected chi connectivity index (χ1v) is 6.58. The molecule has 0 aliphatic carbocycles. The van der Waals surface area contributed by atoms with Crippen LogP contribution in [0.5, 0.6) is 0 Å². The standard InChI is InChI=1S/C16H17N3O/c1-20-11-13(17)16-18-14-9-5-6-10-15(14)19(16)12-7-3-2-4-8-12/h2-10,13H,11,17H2,1H3. The van der Waals surface area contributed by atoms with E-state index in [1.807, 2.05) is 36.4 Å². The van der Waals surface area contributed by atoms with Crippen molar-refractivity contribution < 1.29 is 4.74 Å². The zero-order valence-electron chi connectivity index (χ0n) is 11.4. The fourth-order valence-electron chi connectivity index (χ4n) is 2.40. The molecule has 3 rings (SSSR count). The molecular weight excluding hydrogens is 250 g/mol. The molecule has 20 heavy (non-hydrogen) atoms. The van der Waals surface area contributed by atoms with Crippen LogP contribution in [0.3, 0.4) is 0 Å². The van der Waals surface area contributed by atoms with Gasteiger partial charge in [0.15, 0.2) is 0 Å². The monoisotopic (exact) mass is 267 g/mol. The molecule has 3 aromatic rings. The molecule has 4 heteroatoms. The Morgan fingerprint density at radius 3 is 2.55 bits per heavy atom. The van der Waals surface area contributed by atoms with Gasteiger partial charge >= 0.3 is 0 Å². The Labute approximate surface area is 117 Å². The summed E-state index contributed by atoms with van der Waals surface area (Å²) in [5.74, 6) is 0.819. The molecule has 1 heterocycles. The SMILES string of the molecule is COCC(N)c1nc2ccccc2n1-c1ccccc1. The van der Waals surface area contributed by atoms with Crippen molar-refractivity contribution in [3.05, 3.63) is 60.4 Å². The third kappa shape index (κ3) is 2.19. The van der Waals surface area contributed by atoms with Crippen molar-refractivity contribution in [3.63, 3.8) is 0 Å². The predicted octanol–water partition coefficient (Wildman–Crippen LogP) is 2.67. The number of fused-ring (bicyclic) bond motifs is 1. The predicted molar refractivity (Wildman–Crippen MR) is 79.9 cm³/mol. The van der Waals surface area contributed by atoms with Crippen LogP contribution in [0.25, 0.3) is 16.7 Å². The van der Waals surface area contributed by atoms with Crippen molar-refractivity contribution in [2.75, 3.05) is 13.7 Å². The van der Waals surface area contributed by atoms with Crippen molar-refractivity contribution in [1.29, 1.82) is 0 Å². The van der Waals surface area contributed by atoms with Crippen LogP contribution in [0.4, 0.5) is 0 Å². The fourth-order valence-corrected chi connectivity index (χ4v) is 2.40. The Hall–Kier alpha value is -2.17. The average Bonchev–Trinajstić information content (AvgIpc) is 2.88. The molecular formula is C16H17N3O. The zero-order valence-corrected chi connectivity index (χ0v) is 11.4. The summed E-state index contributed by atoms with van der Waals surface area (Å²) in [6.45, 7) is 0.441. The largest absolute Gasteiger partial charge is 0.383 e. The summed E-state index contributed by atoms with van der Waals surface area (Å²) >= 11 is 0. The lowest BCUT2D eigenvalue weighted by atomic mass is 10.2. The van der Waals surface area contributed by atoms with Gasteiger partial charge in [-0.05, 0) is 24.3 Å². The highest BCUT2D eigenvalue weighted by Crippen LogP contribution is 2.24. The van der Waals surface area contributed by atoms with Gasteiger partial charge in [0, 0.05) is 12.8 Å². The molecule has 1 atom stereocenters. The second-order valence-corrected chi connectivity index (χ2v) is 4.69. The maximum absolute atomic E-state index is 6.20. The van der Waals surface area contributed by atoms with Crippen molar-refractivity contribution in [1.82, 2.24) is 9.55 Å². The summed E-state index contributed by atoms with van der Waals surface area (Å²) in [6.07, 6.45) is 0. The third-order valence-electron chi connectivity index (χ3n) is 3.28. The third-order valence-corrected chi connectivity index (χ3v) is 3.28. The number of aromatic nitrogens is 2. The molecule has 0 amide bonds. The van der Waals surface area contributed by atoms with Crippen molar-refractivity contribution in [2.24, 2.45) is 5.73 Å². The van der Waals surface area contributed by atoms with Gasteiger partial charge in [0.2, 0.25) is 0 Å². The highest BCUT2D eigenvalue weighted by Gasteiger charge is 2.17. The van der Waals surface area contributed by atoms with Gasteiger partial charge < -0.3 is 10.5 Å². The summed E-state index contributed by atoms with van der Waals surface area (Å²) in [7, 11) is 1.65. The Morgan fingerprint density at radius 1 is 1.10 bits per heavy atom. The van der Waals surface area contributed by atoms with E-state index in [0.717, 1.165) is 22.5 Å². The second kappa shape index (κ2) is 5.45. The number of hydrogen-bond donors (Lipinski definition) is 1. The summed E-state index contributed by atoms with van der Waals surface area (Å²) < 4.78 is 7.26. The maximum Gasteiger partial charge on any atom is 0.133 e. The molecule has 0 aliphatic heterocycles. The van der Waals surface area contributed by atoms with E-state index in [2.05, 4.69) is 27.8 Å².